The molecule has 0 radical (unpaired) electrons. The molecule has 1 heterocycles. The Bertz CT molecular complexity index is 1090. The third-order valence-corrected chi connectivity index (χ3v) is 4.95. The molecule has 0 aliphatic carbocycles. The van der Waals surface area contributed by atoms with Crippen LogP contribution in [0.2, 0.25) is 0 Å². The van der Waals surface area contributed by atoms with Gasteiger partial charge in [0.25, 0.3) is 5.56 Å². The summed E-state index contributed by atoms with van der Waals surface area (Å²) in [6, 6.07) is 16.8. The summed E-state index contributed by atoms with van der Waals surface area (Å²) in [5.41, 5.74) is 3.59. The van der Waals surface area contributed by atoms with E-state index in [9.17, 15) is 9.59 Å². The number of hydrogen-bond donors (Lipinski definition) is 1. The molecular weight excluding hydrogens is 394 g/mol. The number of ether oxygens (including phenoxy) is 2. The highest BCUT2D eigenvalue weighted by molar-refractivity contribution is 5.75. The number of benzene rings is 2. The van der Waals surface area contributed by atoms with Crippen molar-refractivity contribution in [1.29, 1.82) is 0 Å². The van der Waals surface area contributed by atoms with Crippen LogP contribution in [0.3, 0.4) is 0 Å². The first kappa shape index (κ1) is 22.1. The summed E-state index contributed by atoms with van der Waals surface area (Å²) in [5.74, 6) is 1.20. The van der Waals surface area contributed by atoms with Gasteiger partial charge in [0.1, 0.15) is 0 Å². The van der Waals surface area contributed by atoms with Gasteiger partial charge in [-0.05, 0) is 37.1 Å². The van der Waals surface area contributed by atoms with E-state index in [0.717, 1.165) is 16.7 Å². The zero-order chi connectivity index (χ0) is 22.2. The maximum atomic E-state index is 12.2. The van der Waals surface area contributed by atoms with Crippen LogP contribution in [0.15, 0.2) is 59.4 Å². The number of nitrogens with zero attached hydrogens (tertiary/aromatic N) is 2. The SMILES string of the molecule is COc1ccc(CCNC(=O)CCn2nc(-c3ccc(C)cc3)ccc2=O)cc1OC. The molecule has 1 amide bonds. The molecule has 3 aromatic rings. The highest BCUT2D eigenvalue weighted by Gasteiger charge is 2.08. The molecule has 3 rings (SSSR count). The van der Waals surface area contributed by atoms with Gasteiger partial charge in [-0.15, -0.1) is 0 Å². The smallest absolute Gasteiger partial charge is 0.266 e. The summed E-state index contributed by atoms with van der Waals surface area (Å²) in [4.78, 5) is 24.4. The standard InChI is InChI=1S/C24H27N3O4/c1-17-4-7-19(8-5-17)20-9-11-24(29)27(26-20)15-13-23(28)25-14-12-18-6-10-21(30-2)22(16-18)31-3/h4-11,16H,12-15H2,1-3H3,(H,25,28). The molecule has 31 heavy (non-hydrogen) atoms. The van der Waals surface area contributed by atoms with Crippen molar-refractivity contribution in [3.8, 4) is 22.8 Å². The number of methoxy groups -OCH3 is 2. The van der Waals surface area contributed by atoms with Gasteiger partial charge in [0.05, 0.1) is 26.5 Å². The highest BCUT2D eigenvalue weighted by atomic mass is 16.5. The molecule has 7 heteroatoms. The average molecular weight is 421 g/mol. The van der Waals surface area contributed by atoms with E-state index in [4.69, 9.17) is 9.47 Å². The minimum atomic E-state index is -0.228. The molecule has 0 saturated carbocycles. The second-order valence-electron chi connectivity index (χ2n) is 7.19. The van der Waals surface area contributed by atoms with Crippen molar-refractivity contribution in [1.82, 2.24) is 15.1 Å². The number of nitrogens with one attached hydrogen (secondary N) is 1. The Labute approximate surface area is 181 Å². The lowest BCUT2D eigenvalue weighted by atomic mass is 10.1. The maximum Gasteiger partial charge on any atom is 0.266 e. The monoisotopic (exact) mass is 421 g/mol. The minimum Gasteiger partial charge on any atom is -0.493 e. The van der Waals surface area contributed by atoms with Crippen molar-refractivity contribution in [3.63, 3.8) is 0 Å². The van der Waals surface area contributed by atoms with Crippen LogP contribution in [-0.2, 0) is 17.8 Å². The Balaban J connectivity index is 1.53. The molecule has 0 aliphatic rings. The molecule has 0 atom stereocenters. The molecule has 162 valence electrons. The van der Waals surface area contributed by atoms with Gasteiger partial charge in [-0.1, -0.05) is 35.9 Å². The van der Waals surface area contributed by atoms with Crippen molar-refractivity contribution in [2.45, 2.75) is 26.3 Å². The van der Waals surface area contributed by atoms with Crippen molar-refractivity contribution in [3.05, 3.63) is 76.1 Å². The Hall–Kier alpha value is -3.61. The maximum absolute atomic E-state index is 12.2. The second-order valence-corrected chi connectivity index (χ2v) is 7.19. The summed E-state index contributed by atoms with van der Waals surface area (Å²) < 4.78 is 11.9. The van der Waals surface area contributed by atoms with Gasteiger partial charge in [0.2, 0.25) is 5.91 Å². The Morgan fingerprint density at radius 1 is 1.00 bits per heavy atom. The largest absolute Gasteiger partial charge is 0.493 e. The van der Waals surface area contributed by atoms with E-state index in [0.29, 0.717) is 30.2 Å². The molecule has 0 spiro atoms. The van der Waals surface area contributed by atoms with Gasteiger partial charge in [-0.25, -0.2) is 4.68 Å². The summed E-state index contributed by atoms with van der Waals surface area (Å²) in [6.07, 6.45) is 0.837. The Morgan fingerprint density at radius 2 is 1.74 bits per heavy atom. The number of aryl methyl sites for hydroxylation is 2. The average Bonchev–Trinajstić information content (AvgIpc) is 2.79. The van der Waals surface area contributed by atoms with E-state index in [2.05, 4.69) is 10.4 Å². The number of rotatable bonds is 9. The van der Waals surface area contributed by atoms with Crippen molar-refractivity contribution in [2.75, 3.05) is 20.8 Å². The van der Waals surface area contributed by atoms with Crippen LogP contribution in [-0.4, -0.2) is 36.5 Å². The van der Waals surface area contributed by atoms with Crippen LogP contribution < -0.4 is 20.3 Å². The fourth-order valence-electron chi connectivity index (χ4n) is 3.17. The Morgan fingerprint density at radius 3 is 2.45 bits per heavy atom. The predicted octanol–water partition coefficient (Wildman–Crippen LogP) is 2.98. The van der Waals surface area contributed by atoms with Crippen LogP contribution in [0.5, 0.6) is 11.5 Å². The molecule has 0 saturated heterocycles. The van der Waals surface area contributed by atoms with E-state index in [-0.39, 0.29) is 24.4 Å². The lowest BCUT2D eigenvalue weighted by Crippen LogP contribution is -2.29. The third kappa shape index (κ3) is 5.94. The molecule has 7 nitrogen and oxygen atoms in total. The fourth-order valence-corrected chi connectivity index (χ4v) is 3.17. The number of hydrogen-bond acceptors (Lipinski definition) is 5. The van der Waals surface area contributed by atoms with Gasteiger partial charge >= 0.3 is 0 Å². The van der Waals surface area contributed by atoms with Gasteiger partial charge in [0.15, 0.2) is 11.5 Å². The van der Waals surface area contributed by atoms with Crippen LogP contribution in [0.4, 0.5) is 0 Å². The molecule has 0 aliphatic heterocycles. The topological polar surface area (TPSA) is 82.5 Å². The number of carbonyl (C=O) groups is 1. The van der Waals surface area contributed by atoms with E-state index in [1.54, 1.807) is 20.3 Å². The number of aromatic nitrogens is 2. The number of carbonyl (C=O) groups excluding carboxylic acids is 1. The lowest BCUT2D eigenvalue weighted by Gasteiger charge is -2.10. The quantitative estimate of drug-likeness (QED) is 0.574. The van der Waals surface area contributed by atoms with E-state index >= 15 is 0 Å². The van der Waals surface area contributed by atoms with Crippen molar-refractivity contribution < 1.29 is 14.3 Å². The minimum absolute atomic E-state index is 0.130. The van der Waals surface area contributed by atoms with Crippen LogP contribution in [0.1, 0.15) is 17.5 Å². The van der Waals surface area contributed by atoms with Gasteiger partial charge in [-0.3, -0.25) is 9.59 Å². The van der Waals surface area contributed by atoms with E-state index < -0.39 is 0 Å². The molecule has 1 N–H and O–H groups in total. The lowest BCUT2D eigenvalue weighted by molar-refractivity contribution is -0.121. The molecule has 2 aromatic carbocycles. The van der Waals surface area contributed by atoms with Crippen LogP contribution in [0, 0.1) is 6.92 Å². The molecule has 0 fully saturated rings. The second kappa shape index (κ2) is 10.4. The third-order valence-electron chi connectivity index (χ3n) is 4.95. The zero-order valence-corrected chi connectivity index (χ0v) is 18.1. The van der Waals surface area contributed by atoms with Gasteiger partial charge in [-0.2, -0.15) is 5.10 Å². The van der Waals surface area contributed by atoms with E-state index in [1.807, 2.05) is 49.4 Å². The predicted molar refractivity (Wildman–Crippen MR) is 120 cm³/mol. The first-order valence-electron chi connectivity index (χ1n) is 10.1. The summed E-state index contributed by atoms with van der Waals surface area (Å²) >= 11 is 0. The molecular formula is C24H27N3O4. The van der Waals surface area contributed by atoms with Crippen molar-refractivity contribution in [2.24, 2.45) is 0 Å². The van der Waals surface area contributed by atoms with Gasteiger partial charge in [0, 0.05) is 24.6 Å². The van der Waals surface area contributed by atoms with E-state index in [1.165, 1.54) is 10.7 Å². The van der Waals surface area contributed by atoms with Crippen LogP contribution >= 0.6 is 0 Å². The highest BCUT2D eigenvalue weighted by Crippen LogP contribution is 2.27. The fraction of sp³-hybridized carbons (Fsp3) is 0.292. The van der Waals surface area contributed by atoms with Crippen molar-refractivity contribution >= 4 is 5.91 Å². The summed E-state index contributed by atoms with van der Waals surface area (Å²) in [7, 11) is 3.18. The van der Waals surface area contributed by atoms with Gasteiger partial charge < -0.3 is 14.8 Å². The summed E-state index contributed by atoms with van der Waals surface area (Å²) in [6.45, 7) is 2.72. The normalized spacial score (nSPS) is 10.5. The zero-order valence-electron chi connectivity index (χ0n) is 18.1. The first-order chi connectivity index (χ1) is 15.0. The molecule has 1 aromatic heterocycles. The van der Waals surface area contributed by atoms with Crippen LogP contribution in [0.25, 0.3) is 11.3 Å². The first-order valence-corrected chi connectivity index (χ1v) is 10.1. The molecule has 0 unspecified atom stereocenters. The Kier molecular flexibility index (Phi) is 7.43. The molecule has 0 bridgehead atoms. The number of amides is 1. The summed E-state index contributed by atoms with van der Waals surface area (Å²) in [5, 5.41) is 7.29.